The number of carbonyl (C=O) groups is 3. The summed E-state index contributed by atoms with van der Waals surface area (Å²) in [7, 11) is 1.90. The van der Waals surface area contributed by atoms with Crippen molar-refractivity contribution in [3.05, 3.63) is 42.1 Å². The first-order chi connectivity index (χ1) is 19.2. The first-order valence-electron chi connectivity index (χ1n) is 13.4. The summed E-state index contributed by atoms with van der Waals surface area (Å²) in [6, 6.07) is 9.90. The third-order valence-corrected chi connectivity index (χ3v) is 7.39. The van der Waals surface area contributed by atoms with Crippen LogP contribution in [0.15, 0.2) is 36.5 Å². The number of nitrogens with two attached hydrogens (primary N) is 2. The second kappa shape index (κ2) is 12.6. The van der Waals surface area contributed by atoms with Gasteiger partial charge in [-0.3, -0.25) is 14.2 Å². The number of benzene rings is 1. The summed E-state index contributed by atoms with van der Waals surface area (Å²) in [6.45, 7) is 4.25. The van der Waals surface area contributed by atoms with Gasteiger partial charge in [0.2, 0.25) is 5.91 Å². The third-order valence-electron chi connectivity index (χ3n) is 7.39. The van der Waals surface area contributed by atoms with Gasteiger partial charge in [0, 0.05) is 44.0 Å². The number of aromatic nitrogens is 3. The van der Waals surface area contributed by atoms with E-state index in [1.807, 2.05) is 18.0 Å². The van der Waals surface area contributed by atoms with E-state index >= 15 is 0 Å². The SMILES string of the molecule is C[C@@H]1CCN(C(=O)CC#N)C[C@@H]1N(C)c1nc(-c2cccc(C(=O)NCCCCN)c2)nc2c1ccn2C(N)=O. The number of fused-ring (bicyclic) bond motifs is 1. The van der Waals surface area contributed by atoms with Crippen LogP contribution in [0.3, 0.4) is 0 Å². The molecular weight excluding hydrogens is 510 g/mol. The van der Waals surface area contributed by atoms with Crippen molar-refractivity contribution >= 4 is 34.7 Å². The molecule has 40 heavy (non-hydrogen) atoms. The number of hydrogen-bond donors (Lipinski definition) is 3. The Bertz CT molecular complexity index is 1440. The van der Waals surface area contributed by atoms with Crippen LogP contribution < -0.4 is 21.7 Å². The number of piperidine rings is 1. The van der Waals surface area contributed by atoms with Crippen molar-refractivity contribution in [3.8, 4) is 17.5 Å². The Morgan fingerprint density at radius 2 is 2.02 bits per heavy atom. The van der Waals surface area contributed by atoms with Crippen LogP contribution in [-0.4, -0.2) is 76.5 Å². The largest absolute Gasteiger partial charge is 0.354 e. The van der Waals surface area contributed by atoms with Crippen molar-refractivity contribution in [1.29, 1.82) is 5.26 Å². The van der Waals surface area contributed by atoms with Gasteiger partial charge in [-0.2, -0.15) is 5.26 Å². The molecule has 3 amide bonds. The third kappa shape index (κ3) is 6.05. The van der Waals surface area contributed by atoms with E-state index in [1.54, 1.807) is 41.4 Å². The first kappa shape index (κ1) is 28.5. The molecule has 1 aliphatic heterocycles. The fraction of sp³-hybridized carbons (Fsp3) is 0.429. The fourth-order valence-electron chi connectivity index (χ4n) is 5.06. The number of primary amides is 1. The number of anilines is 1. The van der Waals surface area contributed by atoms with Crippen LogP contribution in [0.4, 0.5) is 10.6 Å². The molecule has 0 unspecified atom stereocenters. The molecule has 0 radical (unpaired) electrons. The highest BCUT2D eigenvalue weighted by Crippen LogP contribution is 2.32. The van der Waals surface area contributed by atoms with E-state index in [1.165, 1.54) is 4.57 Å². The number of hydrogen-bond acceptors (Lipinski definition) is 8. The summed E-state index contributed by atoms with van der Waals surface area (Å²) in [5.41, 5.74) is 12.6. The smallest absolute Gasteiger partial charge is 0.324 e. The maximum absolute atomic E-state index is 12.7. The van der Waals surface area contributed by atoms with E-state index in [2.05, 4.69) is 17.2 Å². The Morgan fingerprint density at radius 3 is 2.75 bits per heavy atom. The molecule has 2 aromatic heterocycles. The number of unbranched alkanes of at least 4 members (excludes halogenated alkanes) is 1. The molecule has 3 aromatic rings. The van der Waals surface area contributed by atoms with Crippen molar-refractivity contribution in [2.45, 2.75) is 38.6 Å². The van der Waals surface area contributed by atoms with E-state index in [9.17, 15) is 14.4 Å². The molecule has 2 atom stereocenters. The summed E-state index contributed by atoms with van der Waals surface area (Å²) >= 11 is 0. The Labute approximate surface area is 232 Å². The van der Waals surface area contributed by atoms with Gasteiger partial charge in [-0.05, 0) is 49.9 Å². The van der Waals surface area contributed by atoms with Gasteiger partial charge in [0.05, 0.1) is 17.5 Å². The number of amides is 3. The quantitative estimate of drug-likeness (QED) is 0.342. The van der Waals surface area contributed by atoms with Crippen molar-refractivity contribution in [1.82, 2.24) is 24.8 Å². The monoisotopic (exact) mass is 545 g/mol. The van der Waals surface area contributed by atoms with E-state index in [0.29, 0.717) is 60.0 Å². The minimum Gasteiger partial charge on any atom is -0.354 e. The number of nitrogens with one attached hydrogen (secondary N) is 1. The van der Waals surface area contributed by atoms with E-state index in [-0.39, 0.29) is 30.2 Å². The molecule has 210 valence electrons. The average molecular weight is 546 g/mol. The minimum atomic E-state index is -0.682. The number of likely N-dealkylation sites (N-methyl/N-ethyl adjacent to an activating group) is 1. The van der Waals surface area contributed by atoms with Crippen LogP contribution in [0, 0.1) is 17.2 Å². The molecule has 1 fully saturated rings. The zero-order valence-corrected chi connectivity index (χ0v) is 22.8. The van der Waals surface area contributed by atoms with E-state index in [4.69, 9.17) is 21.7 Å². The maximum atomic E-state index is 12.7. The molecule has 5 N–H and O–H groups in total. The Kier molecular flexibility index (Phi) is 8.96. The Balaban J connectivity index is 1.72. The van der Waals surface area contributed by atoms with Gasteiger partial charge >= 0.3 is 6.03 Å². The molecule has 1 aromatic carbocycles. The van der Waals surface area contributed by atoms with Gasteiger partial charge in [-0.25, -0.2) is 14.8 Å². The number of nitrogens with zero attached hydrogens (tertiary/aromatic N) is 6. The van der Waals surface area contributed by atoms with Gasteiger partial charge in [0.25, 0.3) is 5.91 Å². The standard InChI is InChI=1S/C28H35N9O3/c1-18-9-14-36(23(38)8-12-30)17-22(18)35(2)25-21-10-15-37(28(31)40)26(21)34-24(33-25)19-6-5-7-20(16-19)27(39)32-13-4-3-11-29/h5-7,10,15-16,18,22H,3-4,8-9,11,13-14,17,29H2,1-2H3,(H2,31,40)(H,32,39)/t18-,22+/m1/s1. The number of carbonyl (C=O) groups excluding carboxylic acids is 3. The second-order valence-electron chi connectivity index (χ2n) is 10.1. The van der Waals surface area contributed by atoms with Crippen LogP contribution in [-0.2, 0) is 4.79 Å². The van der Waals surface area contributed by atoms with Crippen molar-refractivity contribution in [3.63, 3.8) is 0 Å². The van der Waals surface area contributed by atoms with Crippen LogP contribution >= 0.6 is 0 Å². The van der Waals surface area contributed by atoms with Gasteiger partial charge in [0.15, 0.2) is 11.5 Å². The Hall–Kier alpha value is -4.50. The number of nitriles is 1. The molecule has 1 saturated heterocycles. The lowest BCUT2D eigenvalue weighted by Crippen LogP contribution is -2.52. The van der Waals surface area contributed by atoms with Crippen LogP contribution in [0.25, 0.3) is 22.4 Å². The van der Waals surface area contributed by atoms with Gasteiger partial charge in [-0.15, -0.1) is 0 Å². The highest BCUT2D eigenvalue weighted by atomic mass is 16.2. The van der Waals surface area contributed by atoms with Crippen molar-refractivity contribution in [2.24, 2.45) is 17.4 Å². The molecule has 0 aliphatic carbocycles. The summed E-state index contributed by atoms with van der Waals surface area (Å²) < 4.78 is 1.26. The molecule has 12 heteroatoms. The summed E-state index contributed by atoms with van der Waals surface area (Å²) in [5, 5.41) is 12.5. The molecule has 0 bridgehead atoms. The zero-order chi connectivity index (χ0) is 28.8. The van der Waals surface area contributed by atoms with Crippen LogP contribution in [0.5, 0.6) is 0 Å². The maximum Gasteiger partial charge on any atom is 0.324 e. The molecule has 3 heterocycles. The van der Waals surface area contributed by atoms with E-state index in [0.717, 1.165) is 19.3 Å². The lowest BCUT2D eigenvalue weighted by atomic mass is 9.92. The highest BCUT2D eigenvalue weighted by Gasteiger charge is 2.33. The lowest BCUT2D eigenvalue weighted by molar-refractivity contribution is -0.131. The normalized spacial score (nSPS) is 16.9. The predicted octanol–water partition coefficient (Wildman–Crippen LogP) is 2.08. The predicted molar refractivity (Wildman–Crippen MR) is 151 cm³/mol. The second-order valence-corrected chi connectivity index (χ2v) is 10.1. The summed E-state index contributed by atoms with van der Waals surface area (Å²) in [4.78, 5) is 50.7. The van der Waals surface area contributed by atoms with Gasteiger partial charge in [0.1, 0.15) is 12.2 Å². The van der Waals surface area contributed by atoms with E-state index < -0.39 is 6.03 Å². The van der Waals surface area contributed by atoms with Crippen LogP contribution in [0.1, 0.15) is 43.0 Å². The molecule has 0 spiro atoms. The summed E-state index contributed by atoms with van der Waals surface area (Å²) in [5.74, 6) is 0.724. The van der Waals surface area contributed by atoms with Gasteiger partial charge in [-0.1, -0.05) is 19.1 Å². The highest BCUT2D eigenvalue weighted by molar-refractivity contribution is 5.97. The molecule has 4 rings (SSSR count). The number of likely N-dealkylation sites (tertiary alicyclic amines) is 1. The topological polar surface area (TPSA) is 176 Å². The number of rotatable bonds is 9. The average Bonchev–Trinajstić information content (AvgIpc) is 3.39. The van der Waals surface area contributed by atoms with Crippen LogP contribution in [0.2, 0.25) is 0 Å². The van der Waals surface area contributed by atoms with Crippen molar-refractivity contribution in [2.75, 3.05) is 38.1 Å². The molecular formula is C28H35N9O3. The fourth-order valence-corrected chi connectivity index (χ4v) is 5.06. The Morgan fingerprint density at radius 1 is 1.23 bits per heavy atom. The van der Waals surface area contributed by atoms with Gasteiger partial charge < -0.3 is 26.6 Å². The first-order valence-corrected chi connectivity index (χ1v) is 13.4. The minimum absolute atomic E-state index is 0.0927. The molecule has 12 nitrogen and oxygen atoms in total. The lowest BCUT2D eigenvalue weighted by Gasteiger charge is -2.42. The molecule has 1 aliphatic rings. The van der Waals surface area contributed by atoms with Crippen molar-refractivity contribution < 1.29 is 14.4 Å². The summed E-state index contributed by atoms with van der Waals surface area (Å²) in [6.07, 6.45) is 3.79. The zero-order valence-electron chi connectivity index (χ0n) is 22.8. The molecule has 0 saturated carbocycles.